The van der Waals surface area contributed by atoms with E-state index in [1.54, 1.807) is 27.8 Å². The molecule has 25 heavy (non-hydrogen) atoms. The van der Waals surface area contributed by atoms with E-state index in [0.717, 1.165) is 32.8 Å². The van der Waals surface area contributed by atoms with Crippen molar-refractivity contribution in [3.63, 3.8) is 0 Å². The molecule has 7 heteroatoms. The van der Waals surface area contributed by atoms with Gasteiger partial charge in [0.25, 0.3) is 0 Å². The minimum Gasteiger partial charge on any atom is -0.486 e. The normalized spacial score (nSPS) is 11.1. The molecule has 0 amide bonds. The molecule has 0 saturated heterocycles. The maximum absolute atomic E-state index is 5.86. The number of benzene rings is 2. The third kappa shape index (κ3) is 3.38. The molecule has 0 radical (unpaired) electrons. The van der Waals surface area contributed by atoms with Crippen LogP contribution in [0.1, 0.15) is 5.01 Å². The molecular weight excluding hydrogens is 352 g/mol. The fourth-order valence-corrected chi connectivity index (χ4v) is 3.86. The monoisotopic (exact) mass is 368 g/mol. The number of thioether (sulfide) groups is 1. The summed E-state index contributed by atoms with van der Waals surface area (Å²) in [6.45, 7) is 0.469. The molecule has 0 spiro atoms. The Labute approximate surface area is 153 Å². The standard InChI is InChI=1S/C18H16N4OS2/c1-22-18(24-2)20-17(21-22)12-7-9-13(10-8-12)23-11-16-19-14-5-3-4-6-15(14)25-16/h3-10H,11H2,1-2H3. The maximum atomic E-state index is 5.86. The van der Waals surface area contributed by atoms with Gasteiger partial charge in [-0.1, -0.05) is 23.9 Å². The molecule has 2 aromatic carbocycles. The summed E-state index contributed by atoms with van der Waals surface area (Å²) in [5, 5.41) is 6.30. The summed E-state index contributed by atoms with van der Waals surface area (Å²) < 4.78 is 8.83. The number of aryl methyl sites for hydroxylation is 1. The Morgan fingerprint density at radius 2 is 1.88 bits per heavy atom. The van der Waals surface area contributed by atoms with Crippen molar-refractivity contribution in [2.45, 2.75) is 11.8 Å². The van der Waals surface area contributed by atoms with Gasteiger partial charge in [0, 0.05) is 12.6 Å². The van der Waals surface area contributed by atoms with Gasteiger partial charge in [-0.2, -0.15) is 5.10 Å². The highest BCUT2D eigenvalue weighted by Gasteiger charge is 2.09. The number of nitrogens with zero attached hydrogens (tertiary/aromatic N) is 4. The van der Waals surface area contributed by atoms with E-state index in [1.165, 1.54) is 4.70 Å². The van der Waals surface area contributed by atoms with Gasteiger partial charge in [0.15, 0.2) is 11.0 Å². The number of fused-ring (bicyclic) bond motifs is 1. The largest absolute Gasteiger partial charge is 0.486 e. The molecule has 0 fully saturated rings. The van der Waals surface area contributed by atoms with Gasteiger partial charge in [-0.05, 0) is 42.7 Å². The highest BCUT2D eigenvalue weighted by molar-refractivity contribution is 7.98. The Morgan fingerprint density at radius 1 is 1.08 bits per heavy atom. The summed E-state index contributed by atoms with van der Waals surface area (Å²) in [5.74, 6) is 1.54. The highest BCUT2D eigenvalue weighted by atomic mass is 32.2. The zero-order valence-corrected chi connectivity index (χ0v) is 15.5. The average molecular weight is 368 g/mol. The Kier molecular flexibility index (Phi) is 4.42. The van der Waals surface area contributed by atoms with Gasteiger partial charge in [-0.15, -0.1) is 11.3 Å². The van der Waals surface area contributed by atoms with Crippen LogP contribution in [0, 0.1) is 0 Å². The summed E-state index contributed by atoms with van der Waals surface area (Å²) in [5.41, 5.74) is 2.00. The van der Waals surface area contributed by atoms with Gasteiger partial charge in [-0.3, -0.25) is 0 Å². The Bertz CT molecular complexity index is 975. The number of ether oxygens (including phenoxy) is 1. The van der Waals surface area contributed by atoms with Crippen molar-refractivity contribution < 1.29 is 4.74 Å². The lowest BCUT2D eigenvalue weighted by Crippen LogP contribution is -1.94. The van der Waals surface area contributed by atoms with Crippen molar-refractivity contribution in [1.29, 1.82) is 0 Å². The number of hydrogen-bond acceptors (Lipinski definition) is 6. The van der Waals surface area contributed by atoms with Crippen molar-refractivity contribution in [3.05, 3.63) is 53.5 Å². The van der Waals surface area contributed by atoms with Crippen LogP contribution in [0.4, 0.5) is 0 Å². The number of hydrogen-bond donors (Lipinski definition) is 0. The first-order valence-electron chi connectivity index (χ1n) is 7.75. The van der Waals surface area contributed by atoms with Gasteiger partial charge in [-0.25, -0.2) is 14.6 Å². The second-order valence-corrected chi connectivity index (χ2v) is 7.32. The topological polar surface area (TPSA) is 52.8 Å². The van der Waals surface area contributed by atoms with Crippen molar-refractivity contribution in [3.8, 4) is 17.1 Å². The van der Waals surface area contributed by atoms with Crippen LogP contribution in [0.15, 0.2) is 53.7 Å². The second-order valence-electron chi connectivity index (χ2n) is 5.43. The van der Waals surface area contributed by atoms with Crippen LogP contribution in [0.2, 0.25) is 0 Å². The molecule has 2 heterocycles. The highest BCUT2D eigenvalue weighted by Crippen LogP contribution is 2.25. The van der Waals surface area contributed by atoms with Crippen LogP contribution in [-0.4, -0.2) is 26.0 Å². The van der Waals surface area contributed by atoms with E-state index in [-0.39, 0.29) is 0 Å². The number of thiazole rings is 1. The van der Waals surface area contributed by atoms with Crippen molar-refractivity contribution in [1.82, 2.24) is 19.7 Å². The fraction of sp³-hybridized carbons (Fsp3) is 0.167. The lowest BCUT2D eigenvalue weighted by molar-refractivity contribution is 0.306. The quantitative estimate of drug-likeness (QED) is 0.489. The minimum absolute atomic E-state index is 0.469. The molecule has 0 saturated carbocycles. The molecule has 0 bridgehead atoms. The molecular formula is C18H16N4OS2. The molecule has 0 atom stereocenters. The van der Waals surface area contributed by atoms with E-state index in [4.69, 9.17) is 4.74 Å². The molecule has 0 unspecified atom stereocenters. The summed E-state index contributed by atoms with van der Waals surface area (Å²) in [4.78, 5) is 9.09. The lowest BCUT2D eigenvalue weighted by Gasteiger charge is -2.04. The second kappa shape index (κ2) is 6.85. The van der Waals surface area contributed by atoms with Gasteiger partial charge in [0.1, 0.15) is 17.4 Å². The van der Waals surface area contributed by atoms with Gasteiger partial charge >= 0.3 is 0 Å². The smallest absolute Gasteiger partial charge is 0.186 e. The van der Waals surface area contributed by atoms with E-state index in [1.807, 2.05) is 55.8 Å². The van der Waals surface area contributed by atoms with Gasteiger partial charge in [0.05, 0.1) is 10.2 Å². The Balaban J connectivity index is 1.46. The van der Waals surface area contributed by atoms with Gasteiger partial charge in [0.2, 0.25) is 0 Å². The van der Waals surface area contributed by atoms with Crippen LogP contribution < -0.4 is 4.74 Å². The predicted molar refractivity (Wildman–Crippen MR) is 102 cm³/mol. The zero-order chi connectivity index (χ0) is 17.2. The predicted octanol–water partition coefficient (Wildman–Crippen LogP) is 4.39. The molecule has 4 rings (SSSR count). The van der Waals surface area contributed by atoms with E-state index in [0.29, 0.717) is 6.61 Å². The molecule has 0 aliphatic heterocycles. The first-order chi connectivity index (χ1) is 12.2. The van der Waals surface area contributed by atoms with Crippen LogP contribution in [0.3, 0.4) is 0 Å². The van der Waals surface area contributed by atoms with E-state index < -0.39 is 0 Å². The van der Waals surface area contributed by atoms with Crippen LogP contribution in [0.25, 0.3) is 21.6 Å². The Morgan fingerprint density at radius 3 is 2.60 bits per heavy atom. The summed E-state index contributed by atoms with van der Waals surface area (Å²) >= 11 is 3.24. The third-order valence-electron chi connectivity index (χ3n) is 3.72. The number of para-hydroxylation sites is 1. The third-order valence-corrected chi connectivity index (χ3v) is 5.45. The van der Waals surface area contributed by atoms with Gasteiger partial charge < -0.3 is 4.74 Å². The Hall–Kier alpha value is -2.38. The molecule has 0 aliphatic carbocycles. The number of aromatic nitrogens is 4. The first kappa shape index (κ1) is 16.1. The number of rotatable bonds is 5. The lowest BCUT2D eigenvalue weighted by atomic mass is 10.2. The van der Waals surface area contributed by atoms with E-state index >= 15 is 0 Å². The van der Waals surface area contributed by atoms with Crippen molar-refractivity contribution in [2.75, 3.05) is 6.26 Å². The summed E-state index contributed by atoms with van der Waals surface area (Å²) in [6.07, 6.45) is 1.99. The molecule has 4 aromatic rings. The molecule has 0 aliphatic rings. The van der Waals surface area contributed by atoms with Crippen molar-refractivity contribution >= 4 is 33.3 Å². The van der Waals surface area contributed by atoms with E-state index in [2.05, 4.69) is 21.1 Å². The zero-order valence-electron chi connectivity index (χ0n) is 13.8. The van der Waals surface area contributed by atoms with E-state index in [9.17, 15) is 0 Å². The maximum Gasteiger partial charge on any atom is 0.186 e. The first-order valence-corrected chi connectivity index (χ1v) is 9.80. The molecule has 0 N–H and O–H groups in total. The fourth-order valence-electron chi connectivity index (χ4n) is 2.50. The van der Waals surface area contributed by atoms with Crippen LogP contribution in [0.5, 0.6) is 5.75 Å². The van der Waals surface area contributed by atoms with Crippen LogP contribution >= 0.6 is 23.1 Å². The summed E-state index contributed by atoms with van der Waals surface area (Å²) in [6, 6.07) is 16.0. The minimum atomic E-state index is 0.469. The SMILES string of the molecule is CSc1nc(-c2ccc(OCc3nc4ccccc4s3)cc2)nn1C. The van der Waals surface area contributed by atoms with Crippen molar-refractivity contribution in [2.24, 2.45) is 7.05 Å². The summed E-state index contributed by atoms with van der Waals surface area (Å²) in [7, 11) is 1.90. The molecule has 5 nitrogen and oxygen atoms in total. The molecule has 2 aromatic heterocycles. The van der Waals surface area contributed by atoms with Crippen LogP contribution in [-0.2, 0) is 13.7 Å². The molecule has 126 valence electrons. The average Bonchev–Trinajstić information content (AvgIpc) is 3.23.